The van der Waals surface area contributed by atoms with Gasteiger partial charge in [-0.15, -0.1) is 0 Å². The fourth-order valence-corrected chi connectivity index (χ4v) is 3.21. The summed E-state index contributed by atoms with van der Waals surface area (Å²) in [5.41, 5.74) is 5.35. The first kappa shape index (κ1) is 17.8. The van der Waals surface area contributed by atoms with Crippen LogP contribution in [0.1, 0.15) is 35.0 Å². The largest absolute Gasteiger partial charge is 0.364 e. The van der Waals surface area contributed by atoms with E-state index in [-0.39, 0.29) is 11.7 Å². The maximum atomic E-state index is 12.5. The van der Waals surface area contributed by atoms with Crippen LogP contribution in [-0.4, -0.2) is 49.7 Å². The fraction of sp³-hybridized carbons (Fsp3) is 0.471. The summed E-state index contributed by atoms with van der Waals surface area (Å²) in [6.45, 7) is 5.88. The van der Waals surface area contributed by atoms with Crippen LogP contribution in [-0.2, 0) is 6.54 Å². The van der Waals surface area contributed by atoms with Crippen LogP contribution >= 0.6 is 0 Å². The highest BCUT2D eigenvalue weighted by Crippen LogP contribution is 2.19. The molecule has 2 aromatic heterocycles. The summed E-state index contributed by atoms with van der Waals surface area (Å²) in [4.78, 5) is 33.9. The highest BCUT2D eigenvalue weighted by Gasteiger charge is 2.25. The zero-order chi connectivity index (χ0) is 18.7. The number of amides is 3. The van der Waals surface area contributed by atoms with Crippen LogP contribution in [0.3, 0.4) is 0 Å². The van der Waals surface area contributed by atoms with E-state index < -0.39 is 5.91 Å². The van der Waals surface area contributed by atoms with Gasteiger partial charge in [0.1, 0.15) is 23.2 Å². The van der Waals surface area contributed by atoms with Crippen molar-refractivity contribution in [1.29, 1.82) is 0 Å². The molecule has 3 amide bonds. The molecule has 1 fully saturated rings. The molecular weight excluding hydrogens is 334 g/mol. The normalized spacial score (nSPS) is 17.2. The van der Waals surface area contributed by atoms with E-state index in [1.807, 2.05) is 18.5 Å². The van der Waals surface area contributed by atoms with Gasteiger partial charge in [-0.05, 0) is 44.7 Å². The first-order chi connectivity index (χ1) is 12.4. The Labute approximate surface area is 151 Å². The van der Waals surface area contributed by atoms with Crippen molar-refractivity contribution >= 4 is 17.8 Å². The standard InChI is InChI=1S/C17H23N7O2/c1-11-19-12(2)24(22-11)10-13-5-4-8-23(9-13)17(26)21-15-7-3-6-14(20-15)16(18)25/h3,6-7,13H,4-5,8-10H2,1-2H3,(H2,18,25)(H,20,21,26). The van der Waals surface area contributed by atoms with Gasteiger partial charge in [0, 0.05) is 19.6 Å². The third kappa shape index (κ3) is 4.16. The molecule has 1 aliphatic rings. The van der Waals surface area contributed by atoms with Crippen molar-refractivity contribution in [2.75, 3.05) is 18.4 Å². The van der Waals surface area contributed by atoms with E-state index in [0.29, 0.717) is 24.8 Å². The summed E-state index contributed by atoms with van der Waals surface area (Å²) in [6, 6.07) is 4.55. The lowest BCUT2D eigenvalue weighted by Gasteiger charge is -2.32. The molecule has 0 saturated carbocycles. The maximum absolute atomic E-state index is 12.5. The molecule has 9 heteroatoms. The molecule has 26 heavy (non-hydrogen) atoms. The first-order valence-corrected chi connectivity index (χ1v) is 8.63. The van der Waals surface area contributed by atoms with Gasteiger partial charge in [-0.3, -0.25) is 10.1 Å². The SMILES string of the molecule is Cc1nc(C)n(CC2CCCN(C(=O)Nc3cccc(C(N)=O)n3)C2)n1. The number of primary amides is 1. The second-order valence-electron chi connectivity index (χ2n) is 6.55. The Bertz CT molecular complexity index is 817. The Balaban J connectivity index is 1.62. The van der Waals surface area contributed by atoms with Crippen molar-refractivity contribution in [1.82, 2.24) is 24.6 Å². The number of pyridine rings is 1. The molecule has 3 N–H and O–H groups in total. The Morgan fingerprint density at radius 3 is 2.81 bits per heavy atom. The molecule has 2 aromatic rings. The number of hydrogen-bond donors (Lipinski definition) is 2. The molecule has 0 bridgehead atoms. The number of rotatable bonds is 4. The van der Waals surface area contributed by atoms with Crippen LogP contribution in [0, 0.1) is 19.8 Å². The zero-order valence-corrected chi connectivity index (χ0v) is 15.0. The van der Waals surface area contributed by atoms with Gasteiger partial charge in [-0.2, -0.15) is 5.10 Å². The van der Waals surface area contributed by atoms with Crippen LogP contribution < -0.4 is 11.1 Å². The van der Waals surface area contributed by atoms with Gasteiger partial charge in [0.25, 0.3) is 5.91 Å². The van der Waals surface area contributed by atoms with Gasteiger partial charge < -0.3 is 10.6 Å². The number of aryl methyl sites for hydroxylation is 2. The van der Waals surface area contributed by atoms with Crippen LogP contribution in [0.15, 0.2) is 18.2 Å². The molecule has 1 saturated heterocycles. The third-order valence-electron chi connectivity index (χ3n) is 4.44. The van der Waals surface area contributed by atoms with Gasteiger partial charge in [0.2, 0.25) is 0 Å². The number of piperidine rings is 1. The van der Waals surface area contributed by atoms with E-state index in [2.05, 4.69) is 20.4 Å². The molecule has 1 atom stereocenters. The number of nitrogens with two attached hydrogens (primary N) is 1. The fourth-order valence-electron chi connectivity index (χ4n) is 3.21. The number of carbonyl (C=O) groups excluding carboxylic acids is 2. The summed E-state index contributed by atoms with van der Waals surface area (Å²) in [5, 5.41) is 7.14. The number of urea groups is 1. The third-order valence-corrected chi connectivity index (χ3v) is 4.44. The van der Waals surface area contributed by atoms with E-state index in [0.717, 1.165) is 31.0 Å². The van der Waals surface area contributed by atoms with Gasteiger partial charge in [-0.25, -0.2) is 19.4 Å². The van der Waals surface area contributed by atoms with E-state index >= 15 is 0 Å². The van der Waals surface area contributed by atoms with Crippen LogP contribution in [0.5, 0.6) is 0 Å². The summed E-state index contributed by atoms with van der Waals surface area (Å²) in [5.74, 6) is 1.65. The van der Waals surface area contributed by atoms with E-state index in [9.17, 15) is 9.59 Å². The van der Waals surface area contributed by atoms with E-state index in [1.165, 1.54) is 6.07 Å². The summed E-state index contributed by atoms with van der Waals surface area (Å²) >= 11 is 0. The Kier molecular flexibility index (Phi) is 5.15. The minimum Gasteiger partial charge on any atom is -0.364 e. The zero-order valence-electron chi connectivity index (χ0n) is 15.0. The molecule has 0 aromatic carbocycles. The number of anilines is 1. The molecule has 138 valence electrons. The second-order valence-corrected chi connectivity index (χ2v) is 6.55. The van der Waals surface area contributed by atoms with Crippen LogP contribution in [0.2, 0.25) is 0 Å². The Morgan fingerprint density at radius 1 is 1.31 bits per heavy atom. The quantitative estimate of drug-likeness (QED) is 0.855. The average Bonchev–Trinajstić information content (AvgIpc) is 2.92. The van der Waals surface area contributed by atoms with Crippen LogP contribution in [0.4, 0.5) is 10.6 Å². The number of likely N-dealkylation sites (tertiary alicyclic amines) is 1. The predicted molar refractivity (Wildman–Crippen MR) is 95.6 cm³/mol. The average molecular weight is 357 g/mol. The van der Waals surface area contributed by atoms with E-state index in [4.69, 9.17) is 5.73 Å². The summed E-state index contributed by atoms with van der Waals surface area (Å²) < 4.78 is 1.90. The lowest BCUT2D eigenvalue weighted by Crippen LogP contribution is -2.43. The number of nitrogens with one attached hydrogen (secondary N) is 1. The number of carbonyl (C=O) groups is 2. The van der Waals surface area contributed by atoms with Crippen molar-refractivity contribution in [3.8, 4) is 0 Å². The van der Waals surface area contributed by atoms with E-state index in [1.54, 1.807) is 17.0 Å². The van der Waals surface area contributed by atoms with Gasteiger partial charge in [0.05, 0.1) is 0 Å². The molecule has 0 aliphatic carbocycles. The van der Waals surface area contributed by atoms with Crippen LogP contribution in [0.25, 0.3) is 0 Å². The van der Waals surface area contributed by atoms with Crippen molar-refractivity contribution in [2.24, 2.45) is 11.7 Å². The van der Waals surface area contributed by atoms with Crippen molar-refractivity contribution in [2.45, 2.75) is 33.2 Å². The van der Waals surface area contributed by atoms with Crippen molar-refractivity contribution in [3.05, 3.63) is 35.5 Å². The lowest BCUT2D eigenvalue weighted by atomic mass is 9.98. The first-order valence-electron chi connectivity index (χ1n) is 8.63. The number of nitrogens with zero attached hydrogens (tertiary/aromatic N) is 5. The highest BCUT2D eigenvalue weighted by atomic mass is 16.2. The minimum absolute atomic E-state index is 0.122. The molecular formula is C17H23N7O2. The molecule has 3 rings (SSSR count). The van der Waals surface area contributed by atoms with Gasteiger partial charge in [0.15, 0.2) is 0 Å². The van der Waals surface area contributed by atoms with Crippen molar-refractivity contribution in [3.63, 3.8) is 0 Å². The maximum Gasteiger partial charge on any atom is 0.323 e. The molecule has 0 radical (unpaired) electrons. The summed E-state index contributed by atoms with van der Waals surface area (Å²) in [6.07, 6.45) is 1.97. The Hall–Kier alpha value is -2.97. The molecule has 1 aliphatic heterocycles. The summed E-state index contributed by atoms with van der Waals surface area (Å²) in [7, 11) is 0. The molecule has 3 heterocycles. The second kappa shape index (κ2) is 7.51. The molecule has 0 spiro atoms. The Morgan fingerprint density at radius 2 is 2.12 bits per heavy atom. The predicted octanol–water partition coefficient (Wildman–Crippen LogP) is 1.33. The van der Waals surface area contributed by atoms with Gasteiger partial charge >= 0.3 is 6.03 Å². The van der Waals surface area contributed by atoms with Gasteiger partial charge in [-0.1, -0.05) is 6.07 Å². The molecule has 1 unspecified atom stereocenters. The molecule has 9 nitrogen and oxygen atoms in total. The monoisotopic (exact) mass is 357 g/mol. The number of hydrogen-bond acceptors (Lipinski definition) is 5. The number of aromatic nitrogens is 4. The lowest BCUT2D eigenvalue weighted by molar-refractivity contribution is 0.0995. The topological polar surface area (TPSA) is 119 Å². The van der Waals surface area contributed by atoms with Crippen molar-refractivity contribution < 1.29 is 9.59 Å². The minimum atomic E-state index is -0.627. The smallest absolute Gasteiger partial charge is 0.323 e. The highest BCUT2D eigenvalue weighted by molar-refractivity contribution is 5.92.